The second-order valence-corrected chi connectivity index (χ2v) is 6.17. The van der Waals surface area contributed by atoms with Crippen molar-refractivity contribution in [3.05, 3.63) is 89.5 Å². The molecule has 2 heteroatoms. The fourth-order valence-electron chi connectivity index (χ4n) is 2.76. The van der Waals surface area contributed by atoms with E-state index in [0.29, 0.717) is 0 Å². The van der Waals surface area contributed by atoms with Gasteiger partial charge in [0.2, 0.25) is 0 Å². The largest absolute Gasteiger partial charge is 0.389 e. The molecule has 1 atom stereocenters. The molecule has 3 aromatic rings. The van der Waals surface area contributed by atoms with E-state index in [9.17, 15) is 5.11 Å². The van der Waals surface area contributed by atoms with E-state index in [1.807, 2.05) is 18.2 Å². The highest BCUT2D eigenvalue weighted by molar-refractivity contribution is 5.70. The number of aryl methyl sites for hydroxylation is 1. The highest BCUT2D eigenvalue weighted by Crippen LogP contribution is 2.27. The Labute approximate surface area is 143 Å². The van der Waals surface area contributed by atoms with E-state index in [1.54, 1.807) is 6.92 Å². The quantitative estimate of drug-likeness (QED) is 0.667. The summed E-state index contributed by atoms with van der Waals surface area (Å²) in [4.78, 5) is 0. The molecule has 0 aromatic heterocycles. The topological polar surface area (TPSA) is 32.3 Å². The summed E-state index contributed by atoms with van der Waals surface area (Å²) in [6, 6.07) is 24.9. The summed E-state index contributed by atoms with van der Waals surface area (Å²) in [6.07, 6.45) is -0.453. The first-order chi connectivity index (χ1) is 11.6. The van der Waals surface area contributed by atoms with Crippen LogP contribution in [0.15, 0.2) is 72.8 Å². The van der Waals surface area contributed by atoms with Crippen molar-refractivity contribution >= 4 is 5.69 Å². The average Bonchev–Trinajstić information content (AvgIpc) is 2.62. The fourth-order valence-corrected chi connectivity index (χ4v) is 2.76. The van der Waals surface area contributed by atoms with E-state index in [2.05, 4.69) is 66.8 Å². The Morgan fingerprint density at radius 3 is 2.38 bits per heavy atom. The summed E-state index contributed by atoms with van der Waals surface area (Å²) < 4.78 is 0. The van der Waals surface area contributed by atoms with Crippen molar-refractivity contribution in [2.75, 3.05) is 5.32 Å². The van der Waals surface area contributed by atoms with Crippen LogP contribution in [-0.4, -0.2) is 5.11 Å². The molecule has 0 radical (unpaired) electrons. The molecule has 3 aromatic carbocycles. The van der Waals surface area contributed by atoms with Crippen molar-refractivity contribution in [3.8, 4) is 11.1 Å². The summed E-state index contributed by atoms with van der Waals surface area (Å²) in [5.41, 5.74) is 6.83. The van der Waals surface area contributed by atoms with Crippen LogP contribution >= 0.6 is 0 Å². The molecule has 1 unspecified atom stereocenters. The normalized spacial score (nSPS) is 12.0. The van der Waals surface area contributed by atoms with Gasteiger partial charge in [-0.3, -0.25) is 0 Å². The molecule has 122 valence electrons. The maximum Gasteiger partial charge on any atom is 0.0762 e. The Hall–Kier alpha value is -2.58. The molecule has 0 aliphatic carbocycles. The first-order valence-electron chi connectivity index (χ1n) is 8.30. The maximum absolute atomic E-state index is 9.79. The molecule has 0 saturated carbocycles. The van der Waals surface area contributed by atoms with Gasteiger partial charge in [-0.1, -0.05) is 60.7 Å². The van der Waals surface area contributed by atoms with Gasteiger partial charge in [0.25, 0.3) is 0 Å². The van der Waals surface area contributed by atoms with Crippen LogP contribution < -0.4 is 5.32 Å². The van der Waals surface area contributed by atoms with Crippen molar-refractivity contribution in [3.63, 3.8) is 0 Å². The van der Waals surface area contributed by atoms with Crippen LogP contribution in [0.3, 0.4) is 0 Å². The number of hydrogen-bond acceptors (Lipinski definition) is 2. The molecule has 2 N–H and O–H groups in total. The number of benzene rings is 3. The van der Waals surface area contributed by atoms with Gasteiger partial charge < -0.3 is 10.4 Å². The average molecular weight is 317 g/mol. The monoisotopic (exact) mass is 317 g/mol. The second kappa shape index (κ2) is 7.33. The van der Waals surface area contributed by atoms with E-state index in [-0.39, 0.29) is 0 Å². The summed E-state index contributed by atoms with van der Waals surface area (Å²) in [5, 5.41) is 13.3. The number of aliphatic hydroxyl groups excluding tert-OH is 1. The minimum Gasteiger partial charge on any atom is -0.389 e. The standard InChI is InChI=1S/C22H23NO/c1-16-11-12-21(20-10-6-9-19(13-20)17(2)24)14-22(16)23-15-18-7-4-3-5-8-18/h3-14,17,23-24H,15H2,1-2H3. The van der Waals surface area contributed by atoms with Crippen LogP contribution in [0, 0.1) is 6.92 Å². The summed E-state index contributed by atoms with van der Waals surface area (Å²) in [6.45, 7) is 4.71. The Morgan fingerprint density at radius 1 is 0.875 bits per heavy atom. The fraction of sp³-hybridized carbons (Fsp3) is 0.182. The Morgan fingerprint density at radius 2 is 1.62 bits per heavy atom. The molecular weight excluding hydrogens is 294 g/mol. The molecule has 0 saturated heterocycles. The molecule has 0 amide bonds. The first kappa shape index (κ1) is 16.3. The SMILES string of the molecule is Cc1ccc(-c2cccc(C(C)O)c2)cc1NCc1ccccc1. The molecule has 0 aliphatic rings. The predicted octanol–water partition coefficient (Wildman–Crippen LogP) is 5.33. The van der Waals surface area contributed by atoms with Crippen molar-refractivity contribution < 1.29 is 5.11 Å². The third-order valence-corrected chi connectivity index (χ3v) is 4.27. The summed E-state index contributed by atoms with van der Waals surface area (Å²) >= 11 is 0. The lowest BCUT2D eigenvalue weighted by Crippen LogP contribution is -2.01. The Bertz CT molecular complexity index is 809. The van der Waals surface area contributed by atoms with E-state index in [1.165, 1.54) is 11.1 Å². The van der Waals surface area contributed by atoms with Crippen LogP contribution in [0.1, 0.15) is 29.7 Å². The van der Waals surface area contributed by atoms with E-state index < -0.39 is 6.10 Å². The molecular formula is C22H23NO. The van der Waals surface area contributed by atoms with Crippen molar-refractivity contribution in [1.29, 1.82) is 0 Å². The van der Waals surface area contributed by atoms with Crippen molar-refractivity contribution in [2.24, 2.45) is 0 Å². The van der Waals surface area contributed by atoms with Gasteiger partial charge >= 0.3 is 0 Å². The van der Waals surface area contributed by atoms with Crippen LogP contribution in [0.2, 0.25) is 0 Å². The molecule has 0 spiro atoms. The lowest BCUT2D eigenvalue weighted by molar-refractivity contribution is 0.199. The minimum absolute atomic E-state index is 0.453. The maximum atomic E-state index is 9.79. The Balaban J connectivity index is 1.84. The molecule has 2 nitrogen and oxygen atoms in total. The highest BCUT2D eigenvalue weighted by Gasteiger charge is 2.06. The molecule has 3 rings (SSSR count). The number of aliphatic hydroxyl groups is 1. The predicted molar refractivity (Wildman–Crippen MR) is 101 cm³/mol. The molecule has 0 bridgehead atoms. The van der Waals surface area contributed by atoms with Gasteiger partial charge in [-0.05, 0) is 53.8 Å². The molecule has 0 aliphatic heterocycles. The van der Waals surface area contributed by atoms with Crippen molar-refractivity contribution in [2.45, 2.75) is 26.5 Å². The van der Waals surface area contributed by atoms with Crippen molar-refractivity contribution in [1.82, 2.24) is 0 Å². The van der Waals surface area contributed by atoms with E-state index in [0.717, 1.165) is 28.9 Å². The number of hydrogen-bond donors (Lipinski definition) is 2. The second-order valence-electron chi connectivity index (χ2n) is 6.17. The van der Waals surface area contributed by atoms with E-state index >= 15 is 0 Å². The minimum atomic E-state index is -0.453. The van der Waals surface area contributed by atoms with Crippen LogP contribution in [-0.2, 0) is 6.54 Å². The van der Waals surface area contributed by atoms with Gasteiger partial charge in [0.05, 0.1) is 6.10 Å². The van der Waals surface area contributed by atoms with Crippen LogP contribution in [0.4, 0.5) is 5.69 Å². The zero-order valence-electron chi connectivity index (χ0n) is 14.2. The highest BCUT2D eigenvalue weighted by atomic mass is 16.3. The molecule has 0 fully saturated rings. The van der Waals surface area contributed by atoms with Gasteiger partial charge in [-0.25, -0.2) is 0 Å². The number of anilines is 1. The Kier molecular flexibility index (Phi) is 4.97. The third kappa shape index (κ3) is 3.84. The molecule has 24 heavy (non-hydrogen) atoms. The van der Waals surface area contributed by atoms with Gasteiger partial charge in [0, 0.05) is 12.2 Å². The summed E-state index contributed by atoms with van der Waals surface area (Å²) in [5.74, 6) is 0. The zero-order chi connectivity index (χ0) is 16.9. The zero-order valence-corrected chi connectivity index (χ0v) is 14.2. The molecule has 0 heterocycles. The van der Waals surface area contributed by atoms with Crippen LogP contribution in [0.5, 0.6) is 0 Å². The number of nitrogens with one attached hydrogen (secondary N) is 1. The number of rotatable bonds is 5. The van der Waals surface area contributed by atoms with Gasteiger partial charge in [-0.2, -0.15) is 0 Å². The van der Waals surface area contributed by atoms with Crippen LogP contribution in [0.25, 0.3) is 11.1 Å². The first-order valence-corrected chi connectivity index (χ1v) is 8.30. The van der Waals surface area contributed by atoms with Gasteiger partial charge in [-0.15, -0.1) is 0 Å². The smallest absolute Gasteiger partial charge is 0.0762 e. The third-order valence-electron chi connectivity index (χ3n) is 4.27. The summed E-state index contributed by atoms with van der Waals surface area (Å²) in [7, 11) is 0. The van der Waals surface area contributed by atoms with Gasteiger partial charge in [0.15, 0.2) is 0 Å². The van der Waals surface area contributed by atoms with Gasteiger partial charge in [0.1, 0.15) is 0 Å². The van der Waals surface area contributed by atoms with E-state index in [4.69, 9.17) is 0 Å². The lowest BCUT2D eigenvalue weighted by Gasteiger charge is -2.13. The lowest BCUT2D eigenvalue weighted by atomic mass is 9.99.